The second-order valence-corrected chi connectivity index (χ2v) is 5.50. The van der Waals surface area contributed by atoms with Crippen LogP contribution in [0.5, 0.6) is 0 Å². The molecule has 0 aliphatic carbocycles. The number of hydrogen-bond donors (Lipinski definition) is 1. The first-order valence-corrected chi connectivity index (χ1v) is 7.03. The van der Waals surface area contributed by atoms with Gasteiger partial charge in [0.1, 0.15) is 0 Å². The number of thioether (sulfide) groups is 1. The van der Waals surface area contributed by atoms with Gasteiger partial charge in [-0.3, -0.25) is 9.48 Å². The van der Waals surface area contributed by atoms with Gasteiger partial charge in [0, 0.05) is 23.9 Å². The van der Waals surface area contributed by atoms with Crippen LogP contribution in [0.2, 0.25) is 0 Å². The van der Waals surface area contributed by atoms with E-state index in [1.54, 1.807) is 16.4 Å². The number of carbonyl (C=O) groups is 1. The van der Waals surface area contributed by atoms with E-state index in [9.17, 15) is 4.79 Å². The molecule has 1 aromatic carbocycles. The van der Waals surface area contributed by atoms with Crippen LogP contribution in [-0.2, 0) is 24.7 Å². The summed E-state index contributed by atoms with van der Waals surface area (Å²) in [5, 5.41) is 12.8. The van der Waals surface area contributed by atoms with Crippen molar-refractivity contribution >= 4 is 17.7 Å². The number of carboxylic acid groups (broad SMARTS) is 1. The normalized spacial score (nSPS) is 10.6. The van der Waals surface area contributed by atoms with Crippen molar-refractivity contribution in [1.82, 2.24) is 9.78 Å². The third-order valence-corrected chi connectivity index (χ3v) is 3.71. The van der Waals surface area contributed by atoms with Gasteiger partial charge in [-0.15, -0.1) is 11.8 Å². The molecule has 19 heavy (non-hydrogen) atoms. The standard InChI is InChI=1S/C14H16N2O2S/c1-16-10-12(9-15-16)6-7-19-13-4-2-11(3-5-13)8-14(17)18/h2-5,9-10H,6-8H2,1H3,(H,17,18). The summed E-state index contributed by atoms with van der Waals surface area (Å²) in [6.07, 6.45) is 4.98. The van der Waals surface area contributed by atoms with Crippen molar-refractivity contribution in [2.45, 2.75) is 17.7 Å². The molecule has 0 saturated carbocycles. The first-order valence-electron chi connectivity index (χ1n) is 6.04. The van der Waals surface area contributed by atoms with Crippen LogP contribution >= 0.6 is 11.8 Å². The molecule has 2 rings (SSSR count). The first kappa shape index (κ1) is 13.7. The zero-order chi connectivity index (χ0) is 13.7. The monoisotopic (exact) mass is 276 g/mol. The maximum absolute atomic E-state index is 10.6. The quantitative estimate of drug-likeness (QED) is 0.823. The van der Waals surface area contributed by atoms with Gasteiger partial charge < -0.3 is 5.11 Å². The summed E-state index contributed by atoms with van der Waals surface area (Å²) in [7, 11) is 1.91. The van der Waals surface area contributed by atoms with Gasteiger partial charge in [-0.25, -0.2) is 0 Å². The largest absolute Gasteiger partial charge is 0.481 e. The van der Waals surface area contributed by atoms with E-state index in [2.05, 4.69) is 5.10 Å². The minimum absolute atomic E-state index is 0.0840. The minimum Gasteiger partial charge on any atom is -0.481 e. The van der Waals surface area contributed by atoms with E-state index in [-0.39, 0.29) is 6.42 Å². The van der Waals surface area contributed by atoms with Gasteiger partial charge in [0.15, 0.2) is 0 Å². The van der Waals surface area contributed by atoms with Gasteiger partial charge in [0.05, 0.1) is 12.6 Å². The van der Waals surface area contributed by atoms with Crippen LogP contribution in [-0.4, -0.2) is 26.6 Å². The van der Waals surface area contributed by atoms with Gasteiger partial charge in [0.2, 0.25) is 0 Å². The molecule has 5 heteroatoms. The Balaban J connectivity index is 1.81. The summed E-state index contributed by atoms with van der Waals surface area (Å²) in [5.41, 5.74) is 2.07. The number of aryl methyl sites for hydroxylation is 2. The Morgan fingerprint density at radius 1 is 1.32 bits per heavy atom. The number of aromatic nitrogens is 2. The van der Waals surface area contributed by atoms with Crippen molar-refractivity contribution in [2.75, 3.05) is 5.75 Å². The van der Waals surface area contributed by atoms with Gasteiger partial charge in [-0.05, 0) is 29.7 Å². The maximum Gasteiger partial charge on any atom is 0.307 e. The summed E-state index contributed by atoms with van der Waals surface area (Å²) in [6.45, 7) is 0. The lowest BCUT2D eigenvalue weighted by molar-refractivity contribution is -0.136. The predicted molar refractivity (Wildman–Crippen MR) is 75.4 cm³/mol. The fraction of sp³-hybridized carbons (Fsp3) is 0.286. The topological polar surface area (TPSA) is 55.1 Å². The SMILES string of the molecule is Cn1cc(CCSc2ccc(CC(=O)O)cc2)cn1. The van der Waals surface area contributed by atoms with E-state index in [1.165, 1.54) is 5.56 Å². The van der Waals surface area contributed by atoms with Gasteiger partial charge in [-0.1, -0.05) is 12.1 Å². The number of benzene rings is 1. The molecule has 4 nitrogen and oxygen atoms in total. The third kappa shape index (κ3) is 4.44. The first-order chi connectivity index (χ1) is 9.13. The van der Waals surface area contributed by atoms with Crippen LogP contribution in [0.25, 0.3) is 0 Å². The summed E-state index contributed by atoms with van der Waals surface area (Å²) < 4.78 is 1.81. The van der Waals surface area contributed by atoms with Crippen molar-refractivity contribution < 1.29 is 9.90 Å². The highest BCUT2D eigenvalue weighted by Gasteiger charge is 2.01. The second kappa shape index (κ2) is 6.43. The van der Waals surface area contributed by atoms with Gasteiger partial charge in [-0.2, -0.15) is 5.10 Å². The predicted octanol–water partition coefficient (Wildman–Crippen LogP) is 2.38. The van der Waals surface area contributed by atoms with E-state index in [1.807, 2.05) is 43.7 Å². The van der Waals surface area contributed by atoms with Crippen LogP contribution < -0.4 is 0 Å². The third-order valence-electron chi connectivity index (χ3n) is 2.70. The zero-order valence-corrected chi connectivity index (χ0v) is 11.6. The van der Waals surface area contributed by atoms with Crippen LogP contribution in [0.4, 0.5) is 0 Å². The average Bonchev–Trinajstić information content (AvgIpc) is 2.77. The van der Waals surface area contributed by atoms with Crippen molar-refractivity contribution in [3.63, 3.8) is 0 Å². The minimum atomic E-state index is -0.794. The van der Waals surface area contributed by atoms with Crippen molar-refractivity contribution in [1.29, 1.82) is 0 Å². The highest BCUT2D eigenvalue weighted by Crippen LogP contribution is 2.19. The lowest BCUT2D eigenvalue weighted by atomic mass is 10.2. The van der Waals surface area contributed by atoms with Crippen LogP contribution in [0, 0.1) is 0 Å². The molecule has 0 radical (unpaired) electrons. The number of carboxylic acids is 1. The molecule has 0 spiro atoms. The smallest absolute Gasteiger partial charge is 0.307 e. The summed E-state index contributed by atoms with van der Waals surface area (Å²) in [5.74, 6) is 0.196. The Morgan fingerprint density at radius 3 is 2.63 bits per heavy atom. The van der Waals surface area contributed by atoms with Crippen LogP contribution in [0.3, 0.4) is 0 Å². The highest BCUT2D eigenvalue weighted by molar-refractivity contribution is 7.99. The fourth-order valence-corrected chi connectivity index (χ4v) is 2.67. The Bertz CT molecular complexity index is 549. The van der Waals surface area contributed by atoms with E-state index in [0.29, 0.717) is 0 Å². The molecule has 1 aromatic heterocycles. The molecule has 1 N–H and O–H groups in total. The van der Waals surface area contributed by atoms with E-state index in [0.717, 1.165) is 22.6 Å². The molecular formula is C14H16N2O2S. The molecule has 2 aromatic rings. The summed E-state index contributed by atoms with van der Waals surface area (Å²) >= 11 is 1.77. The zero-order valence-electron chi connectivity index (χ0n) is 10.7. The maximum atomic E-state index is 10.6. The summed E-state index contributed by atoms with van der Waals surface area (Å²) in [4.78, 5) is 11.7. The summed E-state index contributed by atoms with van der Waals surface area (Å²) in [6, 6.07) is 7.71. The van der Waals surface area contributed by atoms with Crippen LogP contribution in [0.15, 0.2) is 41.6 Å². The van der Waals surface area contributed by atoms with Crippen LogP contribution in [0.1, 0.15) is 11.1 Å². The lowest BCUT2D eigenvalue weighted by Crippen LogP contribution is -1.99. The van der Waals surface area contributed by atoms with Crippen molar-refractivity contribution in [2.24, 2.45) is 7.05 Å². The molecule has 0 bridgehead atoms. The van der Waals surface area contributed by atoms with Gasteiger partial charge in [0.25, 0.3) is 0 Å². The molecule has 0 aliphatic rings. The number of nitrogens with zero attached hydrogens (tertiary/aromatic N) is 2. The molecule has 1 heterocycles. The Hall–Kier alpha value is -1.75. The molecule has 100 valence electrons. The highest BCUT2D eigenvalue weighted by atomic mass is 32.2. The molecule has 0 saturated heterocycles. The molecular weight excluding hydrogens is 260 g/mol. The van der Waals surface area contributed by atoms with Crippen molar-refractivity contribution in [3.05, 3.63) is 47.8 Å². The van der Waals surface area contributed by atoms with Gasteiger partial charge >= 0.3 is 5.97 Å². The fourth-order valence-electron chi connectivity index (χ4n) is 1.77. The Morgan fingerprint density at radius 2 is 2.05 bits per heavy atom. The Kier molecular flexibility index (Phi) is 4.63. The molecule has 0 unspecified atom stereocenters. The number of aliphatic carboxylic acids is 1. The number of hydrogen-bond acceptors (Lipinski definition) is 3. The molecule has 0 fully saturated rings. The molecule has 0 aliphatic heterocycles. The van der Waals surface area contributed by atoms with E-state index in [4.69, 9.17) is 5.11 Å². The van der Waals surface area contributed by atoms with Crippen molar-refractivity contribution in [3.8, 4) is 0 Å². The number of rotatable bonds is 6. The average molecular weight is 276 g/mol. The van der Waals surface area contributed by atoms with E-state index < -0.39 is 5.97 Å². The second-order valence-electron chi connectivity index (χ2n) is 4.34. The van der Waals surface area contributed by atoms with E-state index >= 15 is 0 Å². The lowest BCUT2D eigenvalue weighted by Gasteiger charge is -2.02. The molecule has 0 amide bonds. The molecule has 0 atom stereocenters. The Labute approximate surface area is 116 Å².